The number of rotatable bonds is 7. The van der Waals surface area contributed by atoms with Gasteiger partial charge in [-0.15, -0.1) is 0 Å². The molecule has 7 heteroatoms. The Morgan fingerprint density at radius 3 is 2.36 bits per heavy atom. The van der Waals surface area contributed by atoms with Gasteiger partial charge in [-0.25, -0.2) is 4.79 Å². The number of carbonyl (C=O) groups excluding carboxylic acids is 2. The Morgan fingerprint density at radius 2 is 1.91 bits per heavy atom. The molecule has 7 nitrogen and oxygen atoms in total. The van der Waals surface area contributed by atoms with Gasteiger partial charge >= 0.3 is 5.97 Å². The van der Waals surface area contributed by atoms with Crippen molar-refractivity contribution in [1.29, 1.82) is 0 Å². The lowest BCUT2D eigenvalue weighted by atomic mass is 10.2. The van der Waals surface area contributed by atoms with E-state index in [2.05, 4.69) is 0 Å². The molecule has 22 heavy (non-hydrogen) atoms. The van der Waals surface area contributed by atoms with Crippen LogP contribution in [0.15, 0.2) is 24.3 Å². The summed E-state index contributed by atoms with van der Waals surface area (Å²) in [6, 6.07) is 5.19. The van der Waals surface area contributed by atoms with E-state index < -0.39 is 17.9 Å². The summed E-state index contributed by atoms with van der Waals surface area (Å²) in [7, 11) is 0. The molecule has 1 unspecified atom stereocenters. The fourth-order valence-electron chi connectivity index (χ4n) is 2.14. The normalized spacial score (nSPS) is 15.0. The minimum atomic E-state index is -1.04. The highest BCUT2D eigenvalue weighted by Crippen LogP contribution is 2.29. The number of carboxylic acids is 1. The lowest BCUT2D eigenvalue weighted by Crippen LogP contribution is -2.46. The maximum absolute atomic E-state index is 12.2. The third-order valence-corrected chi connectivity index (χ3v) is 3.50. The summed E-state index contributed by atoms with van der Waals surface area (Å²) in [5.41, 5.74) is 5.48. The van der Waals surface area contributed by atoms with Crippen molar-refractivity contribution in [3.8, 4) is 5.75 Å². The van der Waals surface area contributed by atoms with E-state index in [1.165, 1.54) is 36.1 Å². The largest absolute Gasteiger partial charge is 0.484 e. The van der Waals surface area contributed by atoms with Crippen LogP contribution in [-0.2, 0) is 9.59 Å². The topological polar surface area (TPSA) is 110 Å². The van der Waals surface area contributed by atoms with Crippen LogP contribution in [0.2, 0.25) is 0 Å². The lowest BCUT2D eigenvalue weighted by Gasteiger charge is -2.26. The summed E-state index contributed by atoms with van der Waals surface area (Å²) < 4.78 is 5.36. The first-order chi connectivity index (χ1) is 10.4. The third kappa shape index (κ3) is 3.75. The van der Waals surface area contributed by atoms with Crippen molar-refractivity contribution in [1.82, 2.24) is 4.90 Å². The second kappa shape index (κ2) is 6.46. The molecule has 0 heterocycles. The van der Waals surface area contributed by atoms with E-state index in [0.717, 1.165) is 12.8 Å². The van der Waals surface area contributed by atoms with Gasteiger partial charge < -0.3 is 20.5 Å². The Hall–Kier alpha value is -2.57. The van der Waals surface area contributed by atoms with E-state index in [9.17, 15) is 14.4 Å². The number of aliphatic carboxylic acids is 1. The van der Waals surface area contributed by atoms with Gasteiger partial charge in [-0.3, -0.25) is 9.59 Å². The van der Waals surface area contributed by atoms with E-state index in [1.54, 1.807) is 0 Å². The van der Waals surface area contributed by atoms with Crippen LogP contribution in [0.1, 0.15) is 30.1 Å². The minimum Gasteiger partial charge on any atom is -0.484 e. The first kappa shape index (κ1) is 15.8. The molecule has 1 aliphatic rings. The molecule has 1 fully saturated rings. The first-order valence-electron chi connectivity index (χ1n) is 6.96. The van der Waals surface area contributed by atoms with Gasteiger partial charge in [0.05, 0.1) is 0 Å². The molecular weight excluding hydrogens is 288 g/mol. The average molecular weight is 306 g/mol. The summed E-state index contributed by atoms with van der Waals surface area (Å²) >= 11 is 0. The van der Waals surface area contributed by atoms with Gasteiger partial charge in [0, 0.05) is 11.6 Å². The van der Waals surface area contributed by atoms with E-state index in [4.69, 9.17) is 15.6 Å². The van der Waals surface area contributed by atoms with Crippen molar-refractivity contribution in [2.45, 2.75) is 31.8 Å². The Morgan fingerprint density at radius 1 is 1.32 bits per heavy atom. The van der Waals surface area contributed by atoms with Crippen LogP contribution in [0, 0.1) is 0 Å². The van der Waals surface area contributed by atoms with Crippen molar-refractivity contribution < 1.29 is 24.2 Å². The fraction of sp³-hybridized carbons (Fsp3) is 0.400. The van der Waals surface area contributed by atoms with Crippen molar-refractivity contribution in [2.24, 2.45) is 5.73 Å². The molecular formula is C15H18N2O5. The van der Waals surface area contributed by atoms with Gasteiger partial charge in [0.1, 0.15) is 11.8 Å². The van der Waals surface area contributed by atoms with Gasteiger partial charge in [0.2, 0.25) is 5.91 Å². The van der Waals surface area contributed by atoms with E-state index >= 15 is 0 Å². The number of primary amides is 1. The summed E-state index contributed by atoms with van der Waals surface area (Å²) in [6.07, 6.45) is 1.63. The van der Waals surface area contributed by atoms with Crippen molar-refractivity contribution in [3.05, 3.63) is 29.8 Å². The van der Waals surface area contributed by atoms with Crippen LogP contribution in [0.25, 0.3) is 0 Å². The molecule has 1 aromatic carbocycles. The van der Waals surface area contributed by atoms with Crippen molar-refractivity contribution >= 4 is 17.8 Å². The van der Waals surface area contributed by atoms with Gasteiger partial charge in [0.15, 0.2) is 6.61 Å². The van der Waals surface area contributed by atoms with Crippen LogP contribution < -0.4 is 10.5 Å². The number of carbonyl (C=O) groups is 3. The highest BCUT2D eigenvalue weighted by molar-refractivity contribution is 5.92. The number of amides is 2. The molecule has 0 bridgehead atoms. The van der Waals surface area contributed by atoms with E-state index in [0.29, 0.717) is 11.3 Å². The molecule has 0 radical (unpaired) electrons. The highest BCUT2D eigenvalue weighted by Gasteiger charge is 2.38. The minimum absolute atomic E-state index is 0.0144. The van der Waals surface area contributed by atoms with E-state index in [-0.39, 0.29) is 18.6 Å². The summed E-state index contributed by atoms with van der Waals surface area (Å²) in [4.78, 5) is 35.6. The standard InChI is InChI=1S/C15H18N2O5/c1-9(15(20)21)17(11-4-5-11)13(18)8-22-12-6-2-10(3-7-12)14(16)19/h2-3,6-7,9,11H,4-5,8H2,1H3,(H2,16,19)(H,20,21). The highest BCUT2D eigenvalue weighted by atomic mass is 16.5. The summed E-state index contributed by atoms with van der Waals surface area (Å²) in [5, 5.41) is 9.07. The van der Waals surface area contributed by atoms with Crippen LogP contribution in [0.5, 0.6) is 5.75 Å². The molecule has 1 aliphatic carbocycles. The van der Waals surface area contributed by atoms with Crippen molar-refractivity contribution in [3.63, 3.8) is 0 Å². The van der Waals surface area contributed by atoms with Crippen molar-refractivity contribution in [2.75, 3.05) is 6.61 Å². The number of hydrogen-bond donors (Lipinski definition) is 2. The molecule has 0 aromatic heterocycles. The molecule has 1 saturated carbocycles. The number of benzene rings is 1. The summed E-state index contributed by atoms with van der Waals surface area (Å²) in [5.74, 6) is -1.53. The average Bonchev–Trinajstić information content (AvgIpc) is 3.30. The number of nitrogens with zero attached hydrogens (tertiary/aromatic N) is 1. The zero-order valence-corrected chi connectivity index (χ0v) is 12.2. The maximum Gasteiger partial charge on any atom is 0.326 e. The number of hydrogen-bond acceptors (Lipinski definition) is 4. The lowest BCUT2D eigenvalue weighted by molar-refractivity contribution is -0.150. The Labute approximate surface area is 127 Å². The third-order valence-electron chi connectivity index (χ3n) is 3.50. The Kier molecular flexibility index (Phi) is 4.65. The van der Waals surface area contributed by atoms with Crippen LogP contribution >= 0.6 is 0 Å². The number of ether oxygens (including phenoxy) is 1. The summed E-state index contributed by atoms with van der Waals surface area (Å²) in [6.45, 7) is 1.24. The molecule has 1 aromatic rings. The zero-order chi connectivity index (χ0) is 16.3. The molecule has 2 amide bonds. The van der Waals surface area contributed by atoms with Crippen LogP contribution in [0.3, 0.4) is 0 Å². The molecule has 0 aliphatic heterocycles. The SMILES string of the molecule is CC(C(=O)O)N(C(=O)COc1ccc(C(N)=O)cc1)C1CC1. The number of nitrogens with two attached hydrogens (primary N) is 1. The van der Waals surface area contributed by atoms with Crippen LogP contribution in [0.4, 0.5) is 0 Å². The quantitative estimate of drug-likeness (QED) is 0.767. The van der Waals surface area contributed by atoms with Gasteiger partial charge in [0.25, 0.3) is 5.91 Å². The number of carboxylic acid groups (broad SMARTS) is 1. The molecule has 0 saturated heterocycles. The van der Waals surface area contributed by atoms with Gasteiger partial charge in [-0.2, -0.15) is 0 Å². The predicted octanol–water partition coefficient (Wildman–Crippen LogP) is 0.628. The maximum atomic E-state index is 12.2. The van der Waals surface area contributed by atoms with Gasteiger partial charge in [-0.1, -0.05) is 0 Å². The van der Waals surface area contributed by atoms with Crippen LogP contribution in [-0.4, -0.2) is 46.5 Å². The molecule has 1 atom stereocenters. The molecule has 3 N–H and O–H groups in total. The molecule has 2 rings (SSSR count). The second-order valence-electron chi connectivity index (χ2n) is 5.22. The van der Waals surface area contributed by atoms with Gasteiger partial charge in [-0.05, 0) is 44.0 Å². The zero-order valence-electron chi connectivity index (χ0n) is 12.2. The monoisotopic (exact) mass is 306 g/mol. The smallest absolute Gasteiger partial charge is 0.326 e. The van der Waals surface area contributed by atoms with E-state index in [1.807, 2.05) is 0 Å². The fourth-order valence-corrected chi connectivity index (χ4v) is 2.14. The first-order valence-corrected chi connectivity index (χ1v) is 6.96. The molecule has 118 valence electrons. The molecule has 0 spiro atoms. The second-order valence-corrected chi connectivity index (χ2v) is 5.22. The Bertz CT molecular complexity index is 580. The predicted molar refractivity (Wildman–Crippen MR) is 77.4 cm³/mol. The Balaban J connectivity index is 1.95.